The third kappa shape index (κ3) is 7.36. The highest BCUT2D eigenvalue weighted by Gasteiger charge is 2.04. The number of halogens is 1. The monoisotopic (exact) mass is 299 g/mol. The second kappa shape index (κ2) is 9.61. The Morgan fingerprint density at radius 2 is 2.10 bits per heavy atom. The summed E-state index contributed by atoms with van der Waals surface area (Å²) in [6.45, 7) is 6.18. The number of benzene rings is 1. The molecule has 0 aliphatic carbocycles. The van der Waals surface area contributed by atoms with E-state index in [1.165, 1.54) is 0 Å². The summed E-state index contributed by atoms with van der Waals surface area (Å²) < 4.78 is 10.8. The van der Waals surface area contributed by atoms with Crippen LogP contribution in [0.4, 0.5) is 0 Å². The van der Waals surface area contributed by atoms with Gasteiger partial charge in [0.1, 0.15) is 5.75 Å². The molecule has 0 aliphatic rings. The summed E-state index contributed by atoms with van der Waals surface area (Å²) in [4.78, 5) is 11.5. The maximum atomic E-state index is 11.5. The van der Waals surface area contributed by atoms with E-state index in [0.29, 0.717) is 29.8 Å². The van der Waals surface area contributed by atoms with Crippen molar-refractivity contribution in [3.8, 4) is 5.75 Å². The Morgan fingerprint density at radius 1 is 1.35 bits per heavy atom. The van der Waals surface area contributed by atoms with Crippen molar-refractivity contribution in [1.29, 1.82) is 0 Å². The minimum Gasteiger partial charge on any atom is -0.482 e. The summed E-state index contributed by atoms with van der Waals surface area (Å²) in [5.74, 6) is 0.895. The van der Waals surface area contributed by atoms with E-state index in [2.05, 4.69) is 19.2 Å². The molecule has 0 aliphatic heterocycles. The molecule has 1 rings (SSSR count). The number of hydrogen-bond donors (Lipinski definition) is 1. The lowest BCUT2D eigenvalue weighted by Crippen LogP contribution is -2.30. The lowest BCUT2D eigenvalue weighted by molar-refractivity contribution is -0.123. The van der Waals surface area contributed by atoms with E-state index in [-0.39, 0.29) is 12.5 Å². The molecule has 0 saturated carbocycles. The second-order valence-corrected chi connectivity index (χ2v) is 5.30. The number of ether oxygens (including phenoxy) is 2. The van der Waals surface area contributed by atoms with Crippen LogP contribution in [0.15, 0.2) is 24.3 Å². The fraction of sp³-hybridized carbons (Fsp3) is 0.533. The number of para-hydroxylation sites is 1. The van der Waals surface area contributed by atoms with Gasteiger partial charge < -0.3 is 14.8 Å². The van der Waals surface area contributed by atoms with Crippen LogP contribution >= 0.6 is 11.6 Å². The summed E-state index contributed by atoms with van der Waals surface area (Å²) in [7, 11) is 0. The minimum absolute atomic E-state index is 0.0312. The molecule has 0 bridgehead atoms. The Morgan fingerprint density at radius 3 is 2.80 bits per heavy atom. The van der Waals surface area contributed by atoms with Crippen molar-refractivity contribution in [2.24, 2.45) is 5.92 Å². The largest absolute Gasteiger partial charge is 0.482 e. The minimum atomic E-state index is -0.159. The molecule has 0 atom stereocenters. The molecule has 0 fully saturated rings. The van der Waals surface area contributed by atoms with Gasteiger partial charge in [-0.3, -0.25) is 4.79 Å². The van der Waals surface area contributed by atoms with E-state index in [9.17, 15) is 4.79 Å². The molecule has 5 heteroatoms. The summed E-state index contributed by atoms with van der Waals surface area (Å²) in [6.07, 6.45) is 0.796. The Balaban J connectivity index is 2.08. The normalized spacial score (nSPS) is 10.6. The number of amides is 1. The molecule has 20 heavy (non-hydrogen) atoms. The molecule has 0 radical (unpaired) electrons. The van der Waals surface area contributed by atoms with Crippen LogP contribution < -0.4 is 10.1 Å². The first-order valence-electron chi connectivity index (χ1n) is 6.81. The highest BCUT2D eigenvalue weighted by Crippen LogP contribution is 2.22. The zero-order valence-electron chi connectivity index (χ0n) is 12.0. The maximum absolute atomic E-state index is 11.5. The third-order valence-corrected chi connectivity index (χ3v) is 2.75. The smallest absolute Gasteiger partial charge is 0.257 e. The van der Waals surface area contributed by atoms with Crippen molar-refractivity contribution in [3.05, 3.63) is 29.3 Å². The van der Waals surface area contributed by atoms with Crippen LogP contribution in [-0.2, 0) is 9.53 Å². The summed E-state index contributed by atoms with van der Waals surface area (Å²) in [6, 6.07) is 7.08. The van der Waals surface area contributed by atoms with Crippen LogP contribution in [0.5, 0.6) is 5.75 Å². The zero-order chi connectivity index (χ0) is 14.8. The lowest BCUT2D eigenvalue weighted by Gasteiger charge is -2.09. The van der Waals surface area contributed by atoms with E-state index < -0.39 is 0 Å². The molecule has 1 N–H and O–H groups in total. The van der Waals surface area contributed by atoms with Crippen molar-refractivity contribution in [2.75, 3.05) is 26.4 Å². The molecular formula is C15H22ClNO3. The lowest BCUT2D eigenvalue weighted by atomic mass is 10.2. The third-order valence-electron chi connectivity index (χ3n) is 2.43. The molecule has 1 aromatic rings. The Kier molecular flexibility index (Phi) is 8.07. The van der Waals surface area contributed by atoms with Crippen molar-refractivity contribution >= 4 is 17.5 Å². The van der Waals surface area contributed by atoms with Crippen LogP contribution in [-0.4, -0.2) is 32.3 Å². The van der Waals surface area contributed by atoms with Crippen molar-refractivity contribution in [1.82, 2.24) is 5.32 Å². The van der Waals surface area contributed by atoms with Crippen molar-refractivity contribution in [2.45, 2.75) is 20.3 Å². The first-order chi connectivity index (χ1) is 9.59. The van der Waals surface area contributed by atoms with Crippen molar-refractivity contribution < 1.29 is 14.3 Å². The number of rotatable bonds is 9. The standard InChI is InChI=1S/C15H22ClNO3/c1-12(2)10-19-9-5-8-17-15(18)11-20-14-7-4-3-6-13(14)16/h3-4,6-7,12H,5,8-11H2,1-2H3,(H,17,18). The second-order valence-electron chi connectivity index (χ2n) is 4.89. The summed E-state index contributed by atoms with van der Waals surface area (Å²) in [5, 5.41) is 3.28. The van der Waals surface area contributed by atoms with Gasteiger partial charge in [0.2, 0.25) is 0 Å². The predicted octanol–water partition coefficient (Wildman–Crippen LogP) is 2.90. The SMILES string of the molecule is CC(C)COCCCNC(=O)COc1ccccc1Cl. The van der Waals surface area contributed by atoms with Crippen LogP contribution in [0.2, 0.25) is 5.02 Å². The molecular weight excluding hydrogens is 278 g/mol. The highest BCUT2D eigenvalue weighted by atomic mass is 35.5. The average Bonchev–Trinajstić information content (AvgIpc) is 2.41. The van der Waals surface area contributed by atoms with Gasteiger partial charge >= 0.3 is 0 Å². The number of carbonyl (C=O) groups is 1. The highest BCUT2D eigenvalue weighted by molar-refractivity contribution is 6.32. The predicted molar refractivity (Wildman–Crippen MR) is 80.2 cm³/mol. The van der Waals surface area contributed by atoms with E-state index in [4.69, 9.17) is 21.1 Å². The van der Waals surface area contributed by atoms with Gasteiger partial charge in [-0.15, -0.1) is 0 Å². The van der Waals surface area contributed by atoms with E-state index >= 15 is 0 Å². The summed E-state index contributed by atoms with van der Waals surface area (Å²) in [5.41, 5.74) is 0. The Bertz CT molecular complexity index is 410. The van der Waals surface area contributed by atoms with Gasteiger partial charge in [0.25, 0.3) is 5.91 Å². The maximum Gasteiger partial charge on any atom is 0.257 e. The number of carbonyl (C=O) groups excluding carboxylic acids is 1. The molecule has 1 aromatic carbocycles. The van der Waals surface area contributed by atoms with Gasteiger partial charge in [0, 0.05) is 19.8 Å². The van der Waals surface area contributed by atoms with Crippen LogP contribution in [0, 0.1) is 5.92 Å². The quantitative estimate of drug-likeness (QED) is 0.713. The fourth-order valence-electron chi connectivity index (χ4n) is 1.48. The van der Waals surface area contributed by atoms with Gasteiger partial charge in [-0.2, -0.15) is 0 Å². The van der Waals surface area contributed by atoms with Gasteiger partial charge in [-0.05, 0) is 24.5 Å². The molecule has 112 valence electrons. The Labute approximate surface area is 125 Å². The van der Waals surface area contributed by atoms with Gasteiger partial charge in [0.05, 0.1) is 5.02 Å². The van der Waals surface area contributed by atoms with Crippen LogP contribution in [0.3, 0.4) is 0 Å². The Hall–Kier alpha value is -1.26. The van der Waals surface area contributed by atoms with Crippen LogP contribution in [0.25, 0.3) is 0 Å². The van der Waals surface area contributed by atoms with Crippen molar-refractivity contribution in [3.63, 3.8) is 0 Å². The molecule has 0 heterocycles. The zero-order valence-corrected chi connectivity index (χ0v) is 12.8. The number of hydrogen-bond acceptors (Lipinski definition) is 3. The topological polar surface area (TPSA) is 47.6 Å². The van der Waals surface area contributed by atoms with Gasteiger partial charge in [-0.1, -0.05) is 37.6 Å². The average molecular weight is 300 g/mol. The molecule has 0 spiro atoms. The fourth-order valence-corrected chi connectivity index (χ4v) is 1.67. The van der Waals surface area contributed by atoms with E-state index in [1.807, 2.05) is 12.1 Å². The first-order valence-corrected chi connectivity index (χ1v) is 7.19. The molecule has 0 unspecified atom stereocenters. The molecule has 0 saturated heterocycles. The summed E-state index contributed by atoms with van der Waals surface area (Å²) >= 11 is 5.92. The molecule has 4 nitrogen and oxygen atoms in total. The van der Waals surface area contributed by atoms with E-state index in [1.54, 1.807) is 12.1 Å². The molecule has 1 amide bonds. The van der Waals surface area contributed by atoms with Gasteiger partial charge in [0.15, 0.2) is 6.61 Å². The van der Waals surface area contributed by atoms with E-state index in [0.717, 1.165) is 13.0 Å². The first kappa shape index (κ1) is 16.8. The number of nitrogens with one attached hydrogen (secondary N) is 1. The molecule has 0 aromatic heterocycles. The van der Waals surface area contributed by atoms with Crippen LogP contribution in [0.1, 0.15) is 20.3 Å². The van der Waals surface area contributed by atoms with Gasteiger partial charge in [-0.25, -0.2) is 0 Å².